The van der Waals surface area contributed by atoms with Gasteiger partial charge in [-0.15, -0.1) is 5.10 Å². The predicted octanol–water partition coefficient (Wildman–Crippen LogP) is 2.44. The third kappa shape index (κ3) is 2.98. The first kappa shape index (κ1) is 14.9. The van der Waals surface area contributed by atoms with Crippen LogP contribution in [-0.2, 0) is 13.1 Å². The molecule has 0 aliphatic carbocycles. The van der Waals surface area contributed by atoms with E-state index < -0.39 is 0 Å². The molecule has 0 aliphatic rings. The molecule has 3 rings (SSSR count). The first-order valence-electron chi connectivity index (χ1n) is 7.44. The van der Waals surface area contributed by atoms with Gasteiger partial charge in [0, 0.05) is 6.54 Å². The number of hydrogen-bond donors (Lipinski definition) is 1. The molecule has 0 unspecified atom stereocenters. The van der Waals surface area contributed by atoms with Crippen LogP contribution in [0.3, 0.4) is 0 Å². The number of nitrogens with zero attached hydrogens (tertiary/aromatic N) is 4. The zero-order chi connectivity index (χ0) is 16.1. The summed E-state index contributed by atoms with van der Waals surface area (Å²) in [6.45, 7) is 0.440. The van der Waals surface area contributed by atoms with E-state index in [0.29, 0.717) is 0 Å². The van der Waals surface area contributed by atoms with Crippen molar-refractivity contribution in [3.05, 3.63) is 83.2 Å². The molecule has 1 aromatic heterocycles. The van der Waals surface area contributed by atoms with Crippen molar-refractivity contribution in [1.29, 1.82) is 5.26 Å². The molecule has 0 spiro atoms. The lowest BCUT2D eigenvalue weighted by Gasteiger charge is -2.19. The zero-order valence-electron chi connectivity index (χ0n) is 12.6. The van der Waals surface area contributed by atoms with Crippen LogP contribution in [-0.4, -0.2) is 15.0 Å². The molecule has 1 heterocycles. The second-order valence-electron chi connectivity index (χ2n) is 5.20. The molecule has 0 aliphatic heterocycles. The molecule has 114 valence electrons. The summed E-state index contributed by atoms with van der Waals surface area (Å²) in [6, 6.07) is 22.4. The molecule has 0 saturated carbocycles. The van der Waals surface area contributed by atoms with Crippen LogP contribution >= 0.6 is 0 Å². The standard InChI is InChI=1S/C18H17N5/c19-11-12-23-18(16(13-20)21-22-23)17(14-7-3-1-4-8-14)15-9-5-2-6-10-15/h1-10,17H,12-13,20H2. The second-order valence-corrected chi connectivity index (χ2v) is 5.20. The lowest BCUT2D eigenvalue weighted by molar-refractivity contribution is 0.628. The summed E-state index contributed by atoms with van der Waals surface area (Å²) in [5.74, 6) is -0.0562. The van der Waals surface area contributed by atoms with Gasteiger partial charge in [-0.1, -0.05) is 65.9 Å². The number of rotatable bonds is 5. The summed E-state index contributed by atoms with van der Waals surface area (Å²) >= 11 is 0. The van der Waals surface area contributed by atoms with Gasteiger partial charge in [-0.3, -0.25) is 0 Å². The Morgan fingerprint density at radius 1 is 1.00 bits per heavy atom. The van der Waals surface area contributed by atoms with Crippen LogP contribution in [0.15, 0.2) is 60.7 Å². The SMILES string of the molecule is N#CCn1nnc(CN)c1C(c1ccccc1)c1ccccc1. The summed E-state index contributed by atoms with van der Waals surface area (Å²) in [6.07, 6.45) is 0. The van der Waals surface area contributed by atoms with E-state index in [2.05, 4.69) is 40.6 Å². The average molecular weight is 303 g/mol. The van der Waals surface area contributed by atoms with Crippen LogP contribution in [0.1, 0.15) is 28.4 Å². The Morgan fingerprint density at radius 2 is 1.57 bits per heavy atom. The lowest BCUT2D eigenvalue weighted by Crippen LogP contribution is -2.14. The number of aromatic nitrogens is 3. The van der Waals surface area contributed by atoms with Crippen molar-refractivity contribution in [1.82, 2.24) is 15.0 Å². The van der Waals surface area contributed by atoms with Gasteiger partial charge in [-0.05, 0) is 11.1 Å². The fourth-order valence-electron chi connectivity index (χ4n) is 2.80. The highest BCUT2D eigenvalue weighted by atomic mass is 15.4. The Bertz CT molecular complexity index is 763. The van der Waals surface area contributed by atoms with E-state index in [0.717, 1.165) is 22.5 Å². The highest BCUT2D eigenvalue weighted by Gasteiger charge is 2.25. The molecule has 0 saturated heterocycles. The van der Waals surface area contributed by atoms with E-state index in [9.17, 15) is 0 Å². The Kier molecular flexibility index (Phi) is 4.46. The van der Waals surface area contributed by atoms with Crippen molar-refractivity contribution >= 4 is 0 Å². The number of nitriles is 1. The van der Waals surface area contributed by atoms with Crippen LogP contribution in [0, 0.1) is 11.3 Å². The molecule has 0 atom stereocenters. The highest BCUT2D eigenvalue weighted by molar-refractivity contribution is 5.42. The first-order valence-corrected chi connectivity index (χ1v) is 7.44. The van der Waals surface area contributed by atoms with Gasteiger partial charge in [-0.2, -0.15) is 5.26 Å². The summed E-state index contributed by atoms with van der Waals surface area (Å²) in [7, 11) is 0. The summed E-state index contributed by atoms with van der Waals surface area (Å²) in [5, 5.41) is 17.4. The van der Waals surface area contributed by atoms with Crippen molar-refractivity contribution in [2.75, 3.05) is 0 Å². The van der Waals surface area contributed by atoms with E-state index in [-0.39, 0.29) is 19.0 Å². The molecule has 0 bridgehead atoms. The van der Waals surface area contributed by atoms with Crippen molar-refractivity contribution in [3.63, 3.8) is 0 Å². The summed E-state index contributed by atoms with van der Waals surface area (Å²) in [5.41, 5.74) is 9.70. The minimum Gasteiger partial charge on any atom is -0.325 e. The number of hydrogen-bond acceptors (Lipinski definition) is 4. The fraction of sp³-hybridized carbons (Fsp3) is 0.167. The highest BCUT2D eigenvalue weighted by Crippen LogP contribution is 2.33. The van der Waals surface area contributed by atoms with Gasteiger partial charge < -0.3 is 5.73 Å². The van der Waals surface area contributed by atoms with Gasteiger partial charge >= 0.3 is 0 Å². The minimum atomic E-state index is -0.0562. The van der Waals surface area contributed by atoms with E-state index >= 15 is 0 Å². The van der Waals surface area contributed by atoms with Crippen molar-refractivity contribution in [3.8, 4) is 6.07 Å². The molecule has 0 radical (unpaired) electrons. The largest absolute Gasteiger partial charge is 0.325 e. The van der Waals surface area contributed by atoms with Gasteiger partial charge in [-0.25, -0.2) is 4.68 Å². The molecular formula is C18H17N5. The molecule has 5 heteroatoms. The maximum atomic E-state index is 9.08. The normalized spacial score (nSPS) is 10.7. The molecule has 23 heavy (non-hydrogen) atoms. The van der Waals surface area contributed by atoms with Crippen molar-refractivity contribution < 1.29 is 0 Å². The molecule has 0 fully saturated rings. The summed E-state index contributed by atoms with van der Waals surface area (Å²) < 4.78 is 1.65. The first-order chi connectivity index (χ1) is 11.3. The molecule has 2 aromatic carbocycles. The predicted molar refractivity (Wildman–Crippen MR) is 87.4 cm³/mol. The minimum absolute atomic E-state index is 0.0562. The Balaban J connectivity index is 2.21. The average Bonchev–Trinajstić information content (AvgIpc) is 3.00. The lowest BCUT2D eigenvalue weighted by atomic mass is 9.87. The Hall–Kier alpha value is -2.97. The van der Waals surface area contributed by atoms with Gasteiger partial charge in [0.25, 0.3) is 0 Å². The topological polar surface area (TPSA) is 80.5 Å². The molecular weight excluding hydrogens is 286 g/mol. The maximum Gasteiger partial charge on any atom is 0.130 e. The van der Waals surface area contributed by atoms with E-state index in [1.165, 1.54) is 0 Å². The van der Waals surface area contributed by atoms with Gasteiger partial charge in [0.1, 0.15) is 12.2 Å². The van der Waals surface area contributed by atoms with Crippen LogP contribution < -0.4 is 5.73 Å². The van der Waals surface area contributed by atoms with Crippen LogP contribution in [0.5, 0.6) is 0 Å². The third-order valence-corrected chi connectivity index (χ3v) is 3.80. The number of benzene rings is 2. The van der Waals surface area contributed by atoms with Crippen LogP contribution in [0.2, 0.25) is 0 Å². The smallest absolute Gasteiger partial charge is 0.130 e. The van der Waals surface area contributed by atoms with E-state index in [1.807, 2.05) is 36.4 Å². The monoisotopic (exact) mass is 303 g/mol. The van der Waals surface area contributed by atoms with Crippen molar-refractivity contribution in [2.45, 2.75) is 19.0 Å². The zero-order valence-corrected chi connectivity index (χ0v) is 12.6. The number of nitrogens with two attached hydrogens (primary N) is 1. The van der Waals surface area contributed by atoms with Crippen LogP contribution in [0.25, 0.3) is 0 Å². The molecule has 0 amide bonds. The second kappa shape index (κ2) is 6.86. The molecule has 2 N–H and O–H groups in total. The Labute approximate surface area is 135 Å². The van der Waals surface area contributed by atoms with Gasteiger partial charge in [0.2, 0.25) is 0 Å². The molecule has 3 aromatic rings. The van der Waals surface area contributed by atoms with Gasteiger partial charge in [0.15, 0.2) is 0 Å². The quantitative estimate of drug-likeness (QED) is 0.785. The summed E-state index contributed by atoms with van der Waals surface area (Å²) in [4.78, 5) is 0. The third-order valence-electron chi connectivity index (χ3n) is 3.80. The Morgan fingerprint density at radius 3 is 2.04 bits per heavy atom. The fourth-order valence-corrected chi connectivity index (χ4v) is 2.80. The van der Waals surface area contributed by atoms with Crippen LogP contribution in [0.4, 0.5) is 0 Å². The maximum absolute atomic E-state index is 9.08. The van der Waals surface area contributed by atoms with Crippen molar-refractivity contribution in [2.24, 2.45) is 5.73 Å². The molecule has 5 nitrogen and oxygen atoms in total. The van der Waals surface area contributed by atoms with E-state index in [1.54, 1.807) is 4.68 Å². The van der Waals surface area contributed by atoms with Gasteiger partial charge in [0.05, 0.1) is 17.7 Å². The van der Waals surface area contributed by atoms with E-state index in [4.69, 9.17) is 11.0 Å².